The summed E-state index contributed by atoms with van der Waals surface area (Å²) < 4.78 is 27.2. The maximum absolute atomic E-state index is 12.7. The Morgan fingerprint density at radius 2 is 1.87 bits per heavy atom. The quantitative estimate of drug-likeness (QED) is 0.620. The number of ether oxygens (including phenoxy) is 4. The average molecular weight is 411 g/mol. The molecule has 0 saturated carbocycles. The second-order valence-corrected chi connectivity index (χ2v) is 6.73. The van der Waals surface area contributed by atoms with Crippen molar-refractivity contribution >= 4 is 28.5 Å². The molecular weight excluding hydrogens is 390 g/mol. The topological polar surface area (TPSA) is 96.2 Å². The molecule has 0 fully saturated rings. The van der Waals surface area contributed by atoms with Crippen molar-refractivity contribution in [2.75, 3.05) is 25.6 Å². The van der Waals surface area contributed by atoms with E-state index in [1.54, 1.807) is 30.3 Å². The van der Waals surface area contributed by atoms with E-state index < -0.39 is 18.0 Å². The zero-order chi connectivity index (χ0) is 21.1. The smallest absolute Gasteiger partial charge is 0.375 e. The highest BCUT2D eigenvalue weighted by Crippen LogP contribution is 2.32. The van der Waals surface area contributed by atoms with E-state index in [9.17, 15) is 9.59 Å². The normalized spacial score (nSPS) is 13.7. The first-order valence-electron chi connectivity index (χ1n) is 9.47. The van der Waals surface area contributed by atoms with Gasteiger partial charge in [-0.05, 0) is 25.1 Å². The van der Waals surface area contributed by atoms with Gasteiger partial charge in [-0.1, -0.05) is 18.2 Å². The number of anilines is 1. The van der Waals surface area contributed by atoms with Crippen LogP contribution in [0.3, 0.4) is 0 Å². The molecule has 8 heteroatoms. The second kappa shape index (κ2) is 8.46. The predicted molar refractivity (Wildman–Crippen MR) is 108 cm³/mol. The van der Waals surface area contributed by atoms with Crippen LogP contribution in [0.15, 0.2) is 46.9 Å². The number of amides is 1. The number of hydrogen-bond acceptors (Lipinski definition) is 7. The van der Waals surface area contributed by atoms with Gasteiger partial charge in [-0.15, -0.1) is 0 Å². The van der Waals surface area contributed by atoms with Crippen molar-refractivity contribution in [2.24, 2.45) is 0 Å². The zero-order valence-electron chi connectivity index (χ0n) is 16.6. The van der Waals surface area contributed by atoms with Gasteiger partial charge in [0.1, 0.15) is 18.8 Å². The Kier molecular flexibility index (Phi) is 5.58. The summed E-state index contributed by atoms with van der Waals surface area (Å²) in [6.45, 7) is 2.60. The predicted octanol–water partition coefficient (Wildman–Crippen LogP) is 3.53. The summed E-state index contributed by atoms with van der Waals surface area (Å²) in [5, 5.41) is 3.47. The number of nitrogens with one attached hydrogen (secondary N) is 1. The van der Waals surface area contributed by atoms with Crippen LogP contribution in [0, 0.1) is 0 Å². The fourth-order valence-electron chi connectivity index (χ4n) is 3.18. The van der Waals surface area contributed by atoms with Crippen molar-refractivity contribution in [2.45, 2.75) is 19.6 Å². The molecule has 1 aromatic heterocycles. The summed E-state index contributed by atoms with van der Waals surface area (Å²) >= 11 is 0. The van der Waals surface area contributed by atoms with Gasteiger partial charge >= 0.3 is 5.97 Å². The van der Waals surface area contributed by atoms with E-state index in [0.29, 0.717) is 41.5 Å². The lowest BCUT2D eigenvalue weighted by Gasteiger charge is -2.19. The SMILES string of the molecule is COCc1c(C(=O)OC(C)C(=O)Nc2ccc3c(c2)OCCO3)oc2ccccc12. The third-order valence-electron chi connectivity index (χ3n) is 4.64. The molecular formula is C22H21NO7. The largest absolute Gasteiger partial charge is 0.486 e. The van der Waals surface area contributed by atoms with Gasteiger partial charge in [-0.2, -0.15) is 0 Å². The Labute approximate surface area is 172 Å². The van der Waals surface area contributed by atoms with Crippen molar-refractivity contribution in [3.05, 3.63) is 53.8 Å². The highest BCUT2D eigenvalue weighted by Gasteiger charge is 2.26. The molecule has 0 bridgehead atoms. The Morgan fingerprint density at radius 3 is 2.67 bits per heavy atom. The highest BCUT2D eigenvalue weighted by atomic mass is 16.6. The number of benzene rings is 2. The summed E-state index contributed by atoms with van der Waals surface area (Å²) in [6.07, 6.45) is -1.05. The molecule has 1 aliphatic rings. The molecule has 1 N–H and O–H groups in total. The molecule has 1 unspecified atom stereocenters. The minimum Gasteiger partial charge on any atom is -0.486 e. The number of carbonyl (C=O) groups is 2. The summed E-state index contributed by atoms with van der Waals surface area (Å²) in [7, 11) is 1.53. The molecule has 0 radical (unpaired) electrons. The first-order chi connectivity index (χ1) is 14.6. The number of esters is 1. The second-order valence-electron chi connectivity index (χ2n) is 6.73. The minimum absolute atomic E-state index is 0.0250. The molecule has 0 saturated heterocycles. The maximum Gasteiger partial charge on any atom is 0.375 e. The van der Waals surface area contributed by atoms with Crippen molar-refractivity contribution in [1.82, 2.24) is 0 Å². The lowest BCUT2D eigenvalue weighted by atomic mass is 10.1. The van der Waals surface area contributed by atoms with E-state index in [1.807, 2.05) is 12.1 Å². The Bertz CT molecular complexity index is 1090. The fraction of sp³-hybridized carbons (Fsp3) is 0.273. The van der Waals surface area contributed by atoms with Crippen molar-refractivity contribution < 1.29 is 33.0 Å². The first-order valence-corrected chi connectivity index (χ1v) is 9.47. The highest BCUT2D eigenvalue weighted by molar-refractivity contribution is 5.99. The van der Waals surface area contributed by atoms with Gasteiger partial charge in [0, 0.05) is 29.8 Å². The molecule has 2 aromatic carbocycles. The number of rotatable bonds is 6. The summed E-state index contributed by atoms with van der Waals surface area (Å²) in [5.74, 6) is -0.0194. The molecule has 1 amide bonds. The van der Waals surface area contributed by atoms with E-state index in [2.05, 4.69) is 5.32 Å². The van der Waals surface area contributed by atoms with Gasteiger partial charge in [0.25, 0.3) is 5.91 Å². The number of furan rings is 1. The molecule has 3 aromatic rings. The van der Waals surface area contributed by atoms with Gasteiger partial charge < -0.3 is 28.7 Å². The van der Waals surface area contributed by atoms with Crippen LogP contribution in [0.25, 0.3) is 11.0 Å². The lowest BCUT2D eigenvalue weighted by Crippen LogP contribution is -2.30. The van der Waals surface area contributed by atoms with Crippen LogP contribution in [0.4, 0.5) is 5.69 Å². The number of fused-ring (bicyclic) bond motifs is 2. The average Bonchev–Trinajstić information content (AvgIpc) is 3.12. The van der Waals surface area contributed by atoms with E-state index in [4.69, 9.17) is 23.4 Å². The van der Waals surface area contributed by atoms with Crippen LogP contribution in [0.2, 0.25) is 0 Å². The molecule has 156 valence electrons. The zero-order valence-corrected chi connectivity index (χ0v) is 16.6. The van der Waals surface area contributed by atoms with E-state index in [-0.39, 0.29) is 12.4 Å². The van der Waals surface area contributed by atoms with Crippen LogP contribution >= 0.6 is 0 Å². The van der Waals surface area contributed by atoms with E-state index in [0.717, 1.165) is 5.39 Å². The van der Waals surface area contributed by atoms with Gasteiger partial charge in [0.15, 0.2) is 17.6 Å². The van der Waals surface area contributed by atoms with Gasteiger partial charge in [0.2, 0.25) is 5.76 Å². The lowest BCUT2D eigenvalue weighted by molar-refractivity contribution is -0.123. The molecule has 2 heterocycles. The third-order valence-corrected chi connectivity index (χ3v) is 4.64. The molecule has 4 rings (SSSR count). The first kappa shape index (κ1) is 19.8. The molecule has 0 aliphatic carbocycles. The summed E-state index contributed by atoms with van der Waals surface area (Å²) in [5.41, 5.74) is 1.64. The van der Waals surface area contributed by atoms with Crippen LogP contribution in [-0.2, 0) is 20.9 Å². The molecule has 8 nitrogen and oxygen atoms in total. The number of para-hydroxylation sites is 1. The fourth-order valence-corrected chi connectivity index (χ4v) is 3.18. The van der Waals surface area contributed by atoms with Crippen LogP contribution in [0.5, 0.6) is 11.5 Å². The van der Waals surface area contributed by atoms with Crippen molar-refractivity contribution in [3.63, 3.8) is 0 Å². The van der Waals surface area contributed by atoms with Crippen molar-refractivity contribution in [3.8, 4) is 11.5 Å². The van der Waals surface area contributed by atoms with Crippen LogP contribution in [-0.4, -0.2) is 38.3 Å². The molecule has 1 atom stereocenters. The third kappa shape index (κ3) is 3.95. The van der Waals surface area contributed by atoms with Gasteiger partial charge in [0.05, 0.1) is 6.61 Å². The van der Waals surface area contributed by atoms with Crippen LogP contribution < -0.4 is 14.8 Å². The summed E-state index contributed by atoms with van der Waals surface area (Å²) in [6, 6.07) is 12.3. The van der Waals surface area contributed by atoms with Crippen molar-refractivity contribution in [1.29, 1.82) is 0 Å². The minimum atomic E-state index is -1.05. The number of hydrogen-bond donors (Lipinski definition) is 1. The molecule has 30 heavy (non-hydrogen) atoms. The summed E-state index contributed by atoms with van der Waals surface area (Å²) in [4.78, 5) is 25.2. The molecule has 1 aliphatic heterocycles. The van der Waals surface area contributed by atoms with Crippen LogP contribution in [0.1, 0.15) is 23.0 Å². The Morgan fingerprint density at radius 1 is 1.10 bits per heavy atom. The Balaban J connectivity index is 1.46. The van der Waals surface area contributed by atoms with Gasteiger partial charge in [-0.25, -0.2) is 4.79 Å². The number of methoxy groups -OCH3 is 1. The molecule has 0 spiro atoms. The number of carbonyl (C=O) groups excluding carboxylic acids is 2. The van der Waals surface area contributed by atoms with Gasteiger partial charge in [-0.3, -0.25) is 4.79 Å². The van der Waals surface area contributed by atoms with E-state index >= 15 is 0 Å². The monoisotopic (exact) mass is 411 g/mol. The Hall–Kier alpha value is -3.52. The standard InChI is InChI=1S/C22H21NO7/c1-13(21(24)23-14-7-8-18-19(11-14)28-10-9-27-18)29-22(25)20-16(12-26-2)15-5-3-4-6-17(15)30-20/h3-8,11,13H,9-10,12H2,1-2H3,(H,23,24). The maximum atomic E-state index is 12.7. The van der Waals surface area contributed by atoms with E-state index in [1.165, 1.54) is 14.0 Å².